The lowest BCUT2D eigenvalue weighted by molar-refractivity contribution is -0.0955. The molecule has 3 rings (SSSR count). The molecule has 2 heterocycles. The average Bonchev–Trinajstić information content (AvgIpc) is 2.48. The molecular weight excluding hydrogens is 276 g/mol. The van der Waals surface area contributed by atoms with Crippen molar-refractivity contribution >= 4 is 0 Å². The first-order valence-electron chi connectivity index (χ1n) is 8.27. The Bertz CT molecular complexity index is 532. The van der Waals surface area contributed by atoms with Crippen molar-refractivity contribution in [3.8, 4) is 5.75 Å². The molecule has 1 aromatic rings. The smallest absolute Gasteiger partial charge is 0.122 e. The number of rotatable bonds is 3. The van der Waals surface area contributed by atoms with Crippen LogP contribution >= 0.6 is 0 Å². The fourth-order valence-corrected chi connectivity index (χ4v) is 4.27. The van der Waals surface area contributed by atoms with Crippen LogP contribution in [0.5, 0.6) is 5.75 Å². The Hall–Kier alpha value is -1.10. The van der Waals surface area contributed by atoms with Crippen molar-refractivity contribution < 1.29 is 9.47 Å². The predicted octanol–water partition coefficient (Wildman–Crippen LogP) is 2.56. The van der Waals surface area contributed by atoms with Crippen molar-refractivity contribution in [2.75, 3.05) is 20.3 Å². The SMILES string of the molecule is COc1ccc(C(C)N2C3COCC2CC(N)C3)c(C)c1C. The molecule has 2 saturated heterocycles. The van der Waals surface area contributed by atoms with E-state index in [1.807, 2.05) is 0 Å². The summed E-state index contributed by atoms with van der Waals surface area (Å²) in [6.07, 6.45) is 2.07. The summed E-state index contributed by atoms with van der Waals surface area (Å²) < 4.78 is 11.2. The van der Waals surface area contributed by atoms with Crippen molar-refractivity contribution in [3.05, 3.63) is 28.8 Å². The van der Waals surface area contributed by atoms with E-state index in [-0.39, 0.29) is 0 Å². The number of morpholine rings is 1. The quantitative estimate of drug-likeness (QED) is 0.932. The molecule has 0 amide bonds. The molecule has 0 saturated carbocycles. The van der Waals surface area contributed by atoms with Gasteiger partial charge in [0.25, 0.3) is 0 Å². The number of nitrogens with zero attached hydrogens (tertiary/aromatic N) is 1. The Morgan fingerprint density at radius 3 is 2.41 bits per heavy atom. The van der Waals surface area contributed by atoms with Crippen molar-refractivity contribution in [1.29, 1.82) is 0 Å². The molecule has 2 fully saturated rings. The maximum Gasteiger partial charge on any atom is 0.122 e. The summed E-state index contributed by atoms with van der Waals surface area (Å²) in [6.45, 7) is 8.27. The predicted molar refractivity (Wildman–Crippen MR) is 88.3 cm³/mol. The zero-order chi connectivity index (χ0) is 15.9. The van der Waals surface area contributed by atoms with Crippen molar-refractivity contribution in [2.24, 2.45) is 5.73 Å². The average molecular weight is 304 g/mol. The van der Waals surface area contributed by atoms with E-state index in [2.05, 4.69) is 37.8 Å². The van der Waals surface area contributed by atoms with Crippen LogP contribution in [0.15, 0.2) is 12.1 Å². The van der Waals surface area contributed by atoms with Gasteiger partial charge in [0, 0.05) is 24.2 Å². The second kappa shape index (κ2) is 6.19. The van der Waals surface area contributed by atoms with Crippen LogP contribution in [0.1, 0.15) is 42.5 Å². The summed E-state index contributed by atoms with van der Waals surface area (Å²) in [5.74, 6) is 0.970. The van der Waals surface area contributed by atoms with Crippen LogP contribution in [0.4, 0.5) is 0 Å². The molecule has 22 heavy (non-hydrogen) atoms. The number of methoxy groups -OCH3 is 1. The van der Waals surface area contributed by atoms with Crippen LogP contribution in [0.25, 0.3) is 0 Å². The molecule has 4 heteroatoms. The second-order valence-electron chi connectivity index (χ2n) is 6.81. The van der Waals surface area contributed by atoms with Gasteiger partial charge in [0.2, 0.25) is 0 Å². The van der Waals surface area contributed by atoms with Gasteiger partial charge in [-0.3, -0.25) is 4.90 Å². The third-order valence-electron chi connectivity index (χ3n) is 5.51. The summed E-state index contributed by atoms with van der Waals surface area (Å²) in [5, 5.41) is 0. The first kappa shape index (κ1) is 15.8. The highest BCUT2D eigenvalue weighted by Crippen LogP contribution is 2.37. The second-order valence-corrected chi connectivity index (χ2v) is 6.81. The molecule has 2 aliphatic heterocycles. The lowest BCUT2D eigenvalue weighted by atomic mass is 9.86. The highest BCUT2D eigenvalue weighted by atomic mass is 16.5. The number of ether oxygens (including phenoxy) is 2. The third-order valence-corrected chi connectivity index (χ3v) is 5.51. The molecule has 4 nitrogen and oxygen atoms in total. The van der Waals surface area contributed by atoms with E-state index in [0.29, 0.717) is 24.2 Å². The maximum atomic E-state index is 6.22. The lowest BCUT2D eigenvalue weighted by Crippen LogP contribution is -2.60. The molecular formula is C18H28N2O2. The Morgan fingerprint density at radius 2 is 1.82 bits per heavy atom. The van der Waals surface area contributed by atoms with Crippen LogP contribution in [0, 0.1) is 13.8 Å². The Morgan fingerprint density at radius 1 is 1.18 bits per heavy atom. The molecule has 0 spiro atoms. The summed E-state index contributed by atoms with van der Waals surface area (Å²) in [7, 11) is 1.73. The largest absolute Gasteiger partial charge is 0.496 e. The molecule has 3 unspecified atom stereocenters. The van der Waals surface area contributed by atoms with Gasteiger partial charge in [0.15, 0.2) is 0 Å². The van der Waals surface area contributed by atoms with Gasteiger partial charge in [0.1, 0.15) is 5.75 Å². The number of fused-ring (bicyclic) bond motifs is 2. The number of nitrogens with two attached hydrogens (primary N) is 1. The molecule has 3 atom stereocenters. The summed E-state index contributed by atoms with van der Waals surface area (Å²) in [5.41, 5.74) is 10.2. The Balaban J connectivity index is 1.90. The fraction of sp³-hybridized carbons (Fsp3) is 0.667. The zero-order valence-electron chi connectivity index (χ0n) is 14.1. The van der Waals surface area contributed by atoms with Crippen molar-refractivity contribution in [3.63, 3.8) is 0 Å². The summed E-state index contributed by atoms with van der Waals surface area (Å²) in [6, 6.07) is 5.91. The number of benzene rings is 1. The van der Waals surface area contributed by atoms with E-state index in [9.17, 15) is 0 Å². The lowest BCUT2D eigenvalue weighted by Gasteiger charge is -2.50. The van der Waals surface area contributed by atoms with Gasteiger partial charge in [-0.1, -0.05) is 6.07 Å². The monoisotopic (exact) mass is 304 g/mol. The first-order chi connectivity index (χ1) is 10.5. The molecule has 1 aromatic carbocycles. The maximum absolute atomic E-state index is 6.22. The van der Waals surface area contributed by atoms with Crippen LogP contribution in [0.3, 0.4) is 0 Å². The molecule has 122 valence electrons. The van der Waals surface area contributed by atoms with Gasteiger partial charge in [-0.05, 0) is 56.4 Å². The number of hydrogen-bond acceptors (Lipinski definition) is 4. The minimum Gasteiger partial charge on any atom is -0.496 e. The number of piperidine rings is 1. The molecule has 0 aromatic heterocycles. The van der Waals surface area contributed by atoms with Crippen LogP contribution in [-0.2, 0) is 4.74 Å². The standard InChI is InChI=1S/C18H28N2O2/c1-11-12(2)18(21-4)6-5-17(11)13(3)20-15-7-14(19)8-16(20)10-22-9-15/h5-6,13-16H,7-10,19H2,1-4H3. The minimum absolute atomic E-state index is 0.320. The van der Waals surface area contributed by atoms with Gasteiger partial charge < -0.3 is 15.2 Å². The molecule has 0 radical (unpaired) electrons. The minimum atomic E-state index is 0.320. The van der Waals surface area contributed by atoms with Gasteiger partial charge >= 0.3 is 0 Å². The van der Waals surface area contributed by atoms with Crippen LogP contribution in [-0.4, -0.2) is 43.3 Å². The van der Waals surface area contributed by atoms with Crippen molar-refractivity contribution in [1.82, 2.24) is 4.90 Å². The summed E-state index contributed by atoms with van der Waals surface area (Å²) in [4.78, 5) is 2.64. The zero-order valence-corrected chi connectivity index (χ0v) is 14.1. The van der Waals surface area contributed by atoms with E-state index in [1.165, 1.54) is 16.7 Å². The van der Waals surface area contributed by atoms with Gasteiger partial charge in [-0.2, -0.15) is 0 Å². The van der Waals surface area contributed by atoms with E-state index in [0.717, 1.165) is 31.8 Å². The van der Waals surface area contributed by atoms with Gasteiger partial charge in [-0.15, -0.1) is 0 Å². The highest BCUT2D eigenvalue weighted by Gasteiger charge is 2.40. The van der Waals surface area contributed by atoms with Gasteiger partial charge in [-0.25, -0.2) is 0 Å². The van der Waals surface area contributed by atoms with Crippen molar-refractivity contribution in [2.45, 2.75) is 57.8 Å². The van der Waals surface area contributed by atoms with E-state index in [1.54, 1.807) is 7.11 Å². The first-order valence-corrected chi connectivity index (χ1v) is 8.27. The molecule has 2 bridgehead atoms. The number of hydrogen-bond donors (Lipinski definition) is 1. The van der Waals surface area contributed by atoms with Crippen LogP contribution in [0.2, 0.25) is 0 Å². The Kier molecular flexibility index (Phi) is 4.44. The molecule has 2 N–H and O–H groups in total. The topological polar surface area (TPSA) is 47.7 Å². The van der Waals surface area contributed by atoms with E-state index >= 15 is 0 Å². The van der Waals surface area contributed by atoms with E-state index in [4.69, 9.17) is 15.2 Å². The summed E-state index contributed by atoms with van der Waals surface area (Å²) >= 11 is 0. The normalized spacial score (nSPS) is 30.1. The molecule has 0 aliphatic carbocycles. The van der Waals surface area contributed by atoms with E-state index < -0.39 is 0 Å². The van der Waals surface area contributed by atoms with Crippen LogP contribution < -0.4 is 10.5 Å². The third kappa shape index (κ3) is 2.64. The fourth-order valence-electron chi connectivity index (χ4n) is 4.27. The highest BCUT2D eigenvalue weighted by molar-refractivity contribution is 5.44. The Labute approximate surface area is 133 Å². The molecule has 2 aliphatic rings. The van der Waals surface area contributed by atoms with Gasteiger partial charge in [0.05, 0.1) is 20.3 Å².